The normalized spacial score (nSPS) is 16.8. The predicted octanol–water partition coefficient (Wildman–Crippen LogP) is 3.11. The van der Waals surface area contributed by atoms with Crippen molar-refractivity contribution in [1.82, 2.24) is 10.6 Å². The highest BCUT2D eigenvalue weighted by Crippen LogP contribution is 2.34. The first-order valence-electron chi connectivity index (χ1n) is 7.60. The molecule has 0 aliphatic carbocycles. The zero-order valence-electron chi connectivity index (χ0n) is 13.4. The smallest absolute Gasteiger partial charge is 0.319 e. The third-order valence-corrected chi connectivity index (χ3v) is 3.99. The number of para-hydroxylation sites is 1. The minimum absolute atomic E-state index is 0.152. The highest BCUT2D eigenvalue weighted by atomic mass is 16.6. The van der Waals surface area contributed by atoms with Crippen molar-refractivity contribution >= 4 is 17.5 Å². The number of hydrogen-bond donors (Lipinski definition) is 2. The zero-order chi connectivity index (χ0) is 18.0. The Balaban J connectivity index is 2.14. The molecule has 126 valence electrons. The van der Waals surface area contributed by atoms with Crippen molar-refractivity contribution in [3.05, 3.63) is 87.1 Å². The van der Waals surface area contributed by atoms with Crippen LogP contribution in [0.15, 0.2) is 65.9 Å². The van der Waals surface area contributed by atoms with E-state index in [0.29, 0.717) is 11.3 Å². The summed E-state index contributed by atoms with van der Waals surface area (Å²) < 4.78 is 0. The van der Waals surface area contributed by atoms with Crippen LogP contribution < -0.4 is 10.6 Å². The molecule has 2 aromatic carbocycles. The van der Waals surface area contributed by atoms with Crippen LogP contribution in [-0.2, 0) is 0 Å². The second kappa shape index (κ2) is 6.56. The summed E-state index contributed by atoms with van der Waals surface area (Å²) in [5.41, 5.74) is 1.21. The van der Waals surface area contributed by atoms with Crippen molar-refractivity contribution in [2.75, 3.05) is 0 Å². The van der Waals surface area contributed by atoms with E-state index < -0.39 is 17.0 Å². The van der Waals surface area contributed by atoms with E-state index in [1.807, 2.05) is 0 Å². The maximum atomic E-state index is 13.0. The van der Waals surface area contributed by atoms with Crippen LogP contribution in [0.5, 0.6) is 0 Å². The molecule has 0 aromatic heterocycles. The quantitative estimate of drug-likeness (QED) is 0.508. The van der Waals surface area contributed by atoms with Gasteiger partial charge in [0.05, 0.1) is 16.5 Å². The van der Waals surface area contributed by atoms with E-state index in [0.717, 1.165) is 0 Å². The molecule has 1 aliphatic rings. The van der Waals surface area contributed by atoms with Crippen molar-refractivity contribution in [2.45, 2.75) is 13.0 Å². The Morgan fingerprint density at radius 2 is 1.72 bits per heavy atom. The first-order valence-corrected chi connectivity index (χ1v) is 7.60. The highest BCUT2D eigenvalue weighted by molar-refractivity contribution is 6.11. The first-order chi connectivity index (χ1) is 12.0. The topological polar surface area (TPSA) is 101 Å². The van der Waals surface area contributed by atoms with Gasteiger partial charge in [0.2, 0.25) is 0 Å². The molecule has 0 saturated carbocycles. The number of carbonyl (C=O) groups excluding carboxylic acids is 2. The lowest BCUT2D eigenvalue weighted by Crippen LogP contribution is -2.45. The van der Waals surface area contributed by atoms with E-state index >= 15 is 0 Å². The van der Waals surface area contributed by atoms with Gasteiger partial charge in [-0.15, -0.1) is 0 Å². The molecule has 0 unspecified atom stereocenters. The van der Waals surface area contributed by atoms with Gasteiger partial charge in [-0.2, -0.15) is 0 Å². The van der Waals surface area contributed by atoms with Gasteiger partial charge in [-0.25, -0.2) is 4.79 Å². The third-order valence-electron chi connectivity index (χ3n) is 3.99. The summed E-state index contributed by atoms with van der Waals surface area (Å²) in [4.78, 5) is 35.7. The fourth-order valence-corrected chi connectivity index (χ4v) is 2.87. The van der Waals surface area contributed by atoms with E-state index in [1.54, 1.807) is 55.5 Å². The molecule has 0 fully saturated rings. The van der Waals surface area contributed by atoms with Crippen LogP contribution in [-0.4, -0.2) is 16.7 Å². The number of nitrogens with one attached hydrogen (secondary N) is 2. The second-order valence-electron chi connectivity index (χ2n) is 5.58. The Hall–Kier alpha value is -3.48. The van der Waals surface area contributed by atoms with Crippen molar-refractivity contribution < 1.29 is 14.5 Å². The molecule has 3 rings (SSSR count). The number of nitro benzene ring substituents is 1. The Bertz CT molecular complexity index is 890. The van der Waals surface area contributed by atoms with Gasteiger partial charge in [-0.1, -0.05) is 42.5 Å². The van der Waals surface area contributed by atoms with Crippen molar-refractivity contribution in [3.8, 4) is 0 Å². The monoisotopic (exact) mass is 337 g/mol. The molecule has 1 heterocycles. The largest absolute Gasteiger partial charge is 0.326 e. The SMILES string of the molecule is CC1=C(C(=O)c2ccccc2)[C@@H](c2ccccc2[N+](=O)[O-])NC(=O)N1. The van der Waals surface area contributed by atoms with E-state index in [-0.39, 0.29) is 22.6 Å². The molecular weight excluding hydrogens is 322 g/mol. The molecule has 2 aromatic rings. The van der Waals surface area contributed by atoms with Crippen LogP contribution in [0.1, 0.15) is 28.9 Å². The van der Waals surface area contributed by atoms with Crippen LogP contribution in [0.25, 0.3) is 0 Å². The van der Waals surface area contributed by atoms with Gasteiger partial charge in [0.1, 0.15) is 0 Å². The third kappa shape index (κ3) is 3.12. The average molecular weight is 337 g/mol. The Labute approximate surface area is 143 Å². The second-order valence-corrected chi connectivity index (χ2v) is 5.58. The Kier molecular flexibility index (Phi) is 4.30. The van der Waals surface area contributed by atoms with Gasteiger partial charge < -0.3 is 10.6 Å². The standard InChI is InChI=1S/C18H15N3O4/c1-11-15(17(22)12-7-3-2-4-8-12)16(20-18(23)19-11)13-9-5-6-10-14(13)21(24)25/h2-10,16H,1H3,(H2,19,20,23)/t16-/m1/s1. The first kappa shape index (κ1) is 16.4. The molecule has 0 saturated heterocycles. The summed E-state index contributed by atoms with van der Waals surface area (Å²) in [7, 11) is 0. The van der Waals surface area contributed by atoms with E-state index in [1.165, 1.54) is 6.07 Å². The predicted molar refractivity (Wildman–Crippen MR) is 91.0 cm³/mol. The van der Waals surface area contributed by atoms with Gasteiger partial charge in [-0.05, 0) is 13.0 Å². The van der Waals surface area contributed by atoms with E-state index in [9.17, 15) is 19.7 Å². The van der Waals surface area contributed by atoms with Crippen molar-refractivity contribution in [2.24, 2.45) is 0 Å². The maximum Gasteiger partial charge on any atom is 0.319 e. The molecule has 1 aliphatic heterocycles. The number of rotatable bonds is 4. The van der Waals surface area contributed by atoms with Crippen LogP contribution >= 0.6 is 0 Å². The summed E-state index contributed by atoms with van der Waals surface area (Å²) in [6, 6.07) is 13.2. The van der Waals surface area contributed by atoms with Crippen LogP contribution in [0.4, 0.5) is 10.5 Å². The van der Waals surface area contributed by atoms with Gasteiger partial charge in [0.25, 0.3) is 5.69 Å². The van der Waals surface area contributed by atoms with Crippen LogP contribution in [0.3, 0.4) is 0 Å². The molecule has 0 spiro atoms. The van der Waals surface area contributed by atoms with Gasteiger partial charge in [-0.3, -0.25) is 14.9 Å². The summed E-state index contributed by atoms with van der Waals surface area (Å²) >= 11 is 0. The fourth-order valence-electron chi connectivity index (χ4n) is 2.87. The lowest BCUT2D eigenvalue weighted by Gasteiger charge is -2.28. The van der Waals surface area contributed by atoms with Crippen molar-refractivity contribution in [3.63, 3.8) is 0 Å². The Morgan fingerprint density at radius 3 is 2.40 bits per heavy atom. The number of Topliss-reactive ketones (excluding diaryl/α,β-unsaturated/α-hetero) is 1. The molecule has 2 N–H and O–H groups in total. The number of carbonyl (C=O) groups is 2. The number of amides is 2. The number of hydrogen-bond acceptors (Lipinski definition) is 4. The molecular formula is C18H15N3O4. The van der Waals surface area contributed by atoms with Gasteiger partial charge >= 0.3 is 6.03 Å². The van der Waals surface area contributed by atoms with Crippen molar-refractivity contribution in [1.29, 1.82) is 0 Å². The highest BCUT2D eigenvalue weighted by Gasteiger charge is 2.35. The van der Waals surface area contributed by atoms with Gasteiger partial charge in [0.15, 0.2) is 5.78 Å². The number of nitrogens with zero attached hydrogens (tertiary/aromatic N) is 1. The molecule has 2 amide bonds. The summed E-state index contributed by atoms with van der Waals surface area (Å²) in [6.07, 6.45) is 0. The zero-order valence-corrected chi connectivity index (χ0v) is 13.4. The lowest BCUT2D eigenvalue weighted by atomic mass is 9.89. The van der Waals surface area contributed by atoms with Gasteiger partial charge in [0, 0.05) is 22.9 Å². The molecule has 7 nitrogen and oxygen atoms in total. The van der Waals surface area contributed by atoms with E-state index in [2.05, 4.69) is 10.6 Å². The average Bonchev–Trinajstić information content (AvgIpc) is 2.61. The fraction of sp³-hybridized carbons (Fsp3) is 0.111. The molecule has 0 bridgehead atoms. The lowest BCUT2D eigenvalue weighted by molar-refractivity contribution is -0.385. The minimum Gasteiger partial charge on any atom is -0.326 e. The summed E-state index contributed by atoms with van der Waals surface area (Å²) in [5.74, 6) is -0.297. The molecule has 0 radical (unpaired) electrons. The minimum atomic E-state index is -0.900. The molecule has 7 heteroatoms. The number of nitro groups is 1. The number of allylic oxidation sites excluding steroid dienone is 1. The summed E-state index contributed by atoms with van der Waals surface area (Å²) in [6.45, 7) is 1.61. The van der Waals surface area contributed by atoms with Crippen LogP contribution in [0.2, 0.25) is 0 Å². The van der Waals surface area contributed by atoms with Crippen LogP contribution in [0, 0.1) is 10.1 Å². The molecule has 1 atom stereocenters. The summed E-state index contributed by atoms with van der Waals surface area (Å²) in [5, 5.41) is 16.5. The van der Waals surface area contributed by atoms with E-state index in [4.69, 9.17) is 0 Å². The number of urea groups is 1. The number of benzene rings is 2. The number of ketones is 1. The molecule has 25 heavy (non-hydrogen) atoms. The Morgan fingerprint density at radius 1 is 1.08 bits per heavy atom. The maximum absolute atomic E-state index is 13.0.